The number of ether oxygens (including phenoxy) is 1. The lowest BCUT2D eigenvalue weighted by molar-refractivity contribution is 0.474. The topological polar surface area (TPSA) is 38.5 Å². The monoisotopic (exact) mass is 288 g/mol. The van der Waals surface area contributed by atoms with Crippen LogP contribution < -0.4 is 15.4 Å². The van der Waals surface area contributed by atoms with Crippen LogP contribution in [-0.4, -0.2) is 20.4 Å². The Morgan fingerprint density at radius 3 is 2.55 bits per heavy atom. The van der Waals surface area contributed by atoms with Gasteiger partial charge in [0.25, 0.3) is 0 Å². The molecule has 0 saturated heterocycles. The van der Waals surface area contributed by atoms with Gasteiger partial charge in [0.15, 0.2) is 0 Å². The van der Waals surface area contributed by atoms with Gasteiger partial charge in [-0.15, -0.1) is 11.8 Å². The molecule has 20 heavy (non-hydrogen) atoms. The summed E-state index contributed by atoms with van der Waals surface area (Å²) in [4.78, 5) is 3.21. The van der Waals surface area contributed by atoms with Gasteiger partial charge in [0.05, 0.1) is 0 Å². The van der Waals surface area contributed by atoms with E-state index in [-0.39, 0.29) is 0 Å². The van der Waals surface area contributed by atoms with Crippen molar-refractivity contribution in [3.63, 3.8) is 0 Å². The molecule has 0 aliphatic heterocycles. The normalized spacial score (nSPS) is 10.4. The van der Waals surface area contributed by atoms with Crippen LogP contribution in [-0.2, 0) is 6.54 Å². The molecule has 0 atom stereocenters. The van der Waals surface area contributed by atoms with Gasteiger partial charge >= 0.3 is 0 Å². The van der Waals surface area contributed by atoms with Crippen LogP contribution in [0.2, 0.25) is 0 Å². The molecule has 0 amide bonds. The largest absolute Gasteiger partial charge is 0.457 e. The van der Waals surface area contributed by atoms with Gasteiger partial charge in [-0.05, 0) is 30.5 Å². The third-order valence-electron chi connectivity index (χ3n) is 3.08. The van der Waals surface area contributed by atoms with Crippen molar-refractivity contribution in [1.82, 2.24) is 0 Å². The van der Waals surface area contributed by atoms with Crippen molar-refractivity contribution in [3.05, 3.63) is 48.0 Å². The van der Waals surface area contributed by atoms with E-state index in [4.69, 9.17) is 10.5 Å². The molecule has 0 bridgehead atoms. The van der Waals surface area contributed by atoms with Gasteiger partial charge < -0.3 is 15.4 Å². The van der Waals surface area contributed by atoms with E-state index < -0.39 is 0 Å². The lowest BCUT2D eigenvalue weighted by Crippen LogP contribution is -2.08. The van der Waals surface area contributed by atoms with Crippen molar-refractivity contribution < 1.29 is 4.74 Å². The predicted octanol–water partition coefficient (Wildman–Crippen LogP) is 3.73. The van der Waals surface area contributed by atoms with E-state index >= 15 is 0 Å². The molecule has 0 saturated carbocycles. The molecule has 0 unspecified atom stereocenters. The van der Waals surface area contributed by atoms with Gasteiger partial charge in [0.2, 0.25) is 0 Å². The maximum absolute atomic E-state index is 6.01. The molecule has 0 aliphatic carbocycles. The number of nitrogens with zero attached hydrogens (tertiary/aromatic N) is 1. The fourth-order valence-corrected chi connectivity index (χ4v) is 2.63. The lowest BCUT2D eigenvalue weighted by atomic mass is 10.2. The second kappa shape index (κ2) is 6.68. The summed E-state index contributed by atoms with van der Waals surface area (Å²) >= 11 is 1.68. The molecule has 0 heterocycles. The molecular weight excluding hydrogens is 268 g/mol. The van der Waals surface area contributed by atoms with Crippen LogP contribution in [0.3, 0.4) is 0 Å². The zero-order valence-corrected chi connectivity index (χ0v) is 12.9. The summed E-state index contributed by atoms with van der Waals surface area (Å²) in [6.45, 7) is 0.472. The average Bonchev–Trinajstić information content (AvgIpc) is 2.47. The highest BCUT2D eigenvalue weighted by atomic mass is 32.2. The number of hydrogen-bond donors (Lipinski definition) is 1. The van der Waals surface area contributed by atoms with Crippen LogP contribution in [0.5, 0.6) is 11.5 Å². The van der Waals surface area contributed by atoms with E-state index in [1.54, 1.807) is 11.8 Å². The van der Waals surface area contributed by atoms with Crippen molar-refractivity contribution in [2.75, 3.05) is 25.3 Å². The molecule has 2 aromatic rings. The molecule has 3 nitrogen and oxygen atoms in total. The smallest absolute Gasteiger partial charge is 0.133 e. The van der Waals surface area contributed by atoms with Crippen LogP contribution in [0, 0.1) is 0 Å². The van der Waals surface area contributed by atoms with Crippen LogP contribution >= 0.6 is 11.8 Å². The summed E-state index contributed by atoms with van der Waals surface area (Å²) in [6.07, 6.45) is 2.05. The minimum absolute atomic E-state index is 0.472. The third kappa shape index (κ3) is 3.26. The maximum atomic E-state index is 6.01. The highest BCUT2D eigenvalue weighted by Crippen LogP contribution is 2.32. The number of nitrogens with two attached hydrogens (primary N) is 1. The summed E-state index contributed by atoms with van der Waals surface area (Å²) in [7, 11) is 4.03. The van der Waals surface area contributed by atoms with E-state index in [0.717, 1.165) is 27.6 Å². The van der Waals surface area contributed by atoms with Gasteiger partial charge in [-0.25, -0.2) is 0 Å². The first-order valence-corrected chi connectivity index (χ1v) is 7.69. The lowest BCUT2D eigenvalue weighted by Gasteiger charge is -2.16. The molecule has 2 aromatic carbocycles. The quantitative estimate of drug-likeness (QED) is 0.851. The number of thioether (sulfide) groups is 1. The Hall–Kier alpha value is -1.65. The first-order valence-electron chi connectivity index (χ1n) is 6.47. The molecule has 0 radical (unpaired) electrons. The zero-order chi connectivity index (χ0) is 14.5. The zero-order valence-electron chi connectivity index (χ0n) is 12.1. The summed E-state index contributed by atoms with van der Waals surface area (Å²) in [6, 6.07) is 14.0. The third-order valence-corrected chi connectivity index (χ3v) is 3.90. The number of benzene rings is 2. The van der Waals surface area contributed by atoms with Gasteiger partial charge in [-0.2, -0.15) is 0 Å². The molecule has 0 aliphatic rings. The minimum atomic E-state index is 0.472. The van der Waals surface area contributed by atoms with Crippen molar-refractivity contribution in [3.8, 4) is 11.5 Å². The van der Waals surface area contributed by atoms with E-state index in [2.05, 4.69) is 17.0 Å². The number of rotatable bonds is 5. The van der Waals surface area contributed by atoms with Gasteiger partial charge in [-0.1, -0.05) is 12.1 Å². The Kier molecular flexibility index (Phi) is 4.93. The van der Waals surface area contributed by atoms with E-state index in [9.17, 15) is 0 Å². The van der Waals surface area contributed by atoms with Crippen LogP contribution in [0.4, 0.5) is 5.69 Å². The Balaban J connectivity index is 2.32. The second-order valence-corrected chi connectivity index (χ2v) is 5.48. The van der Waals surface area contributed by atoms with Gasteiger partial charge in [0.1, 0.15) is 11.5 Å². The van der Waals surface area contributed by atoms with E-state index in [0.29, 0.717) is 6.54 Å². The first-order chi connectivity index (χ1) is 9.65. The predicted molar refractivity (Wildman–Crippen MR) is 87.0 cm³/mol. The Bertz CT molecular complexity index is 584. The Morgan fingerprint density at radius 2 is 1.90 bits per heavy atom. The number of anilines is 1. The number of hydrogen-bond acceptors (Lipinski definition) is 4. The highest BCUT2D eigenvalue weighted by molar-refractivity contribution is 7.98. The maximum Gasteiger partial charge on any atom is 0.133 e. The molecular formula is C16H20N2OS. The molecule has 2 N–H and O–H groups in total. The molecule has 4 heteroatoms. The van der Waals surface area contributed by atoms with Crippen molar-refractivity contribution >= 4 is 17.4 Å². The molecule has 0 spiro atoms. The highest BCUT2D eigenvalue weighted by Gasteiger charge is 2.09. The van der Waals surface area contributed by atoms with Gasteiger partial charge in [0, 0.05) is 42.9 Å². The van der Waals surface area contributed by atoms with E-state index in [1.807, 2.05) is 50.7 Å². The fourth-order valence-electron chi connectivity index (χ4n) is 1.99. The van der Waals surface area contributed by atoms with Crippen molar-refractivity contribution in [2.24, 2.45) is 5.73 Å². The summed E-state index contributed by atoms with van der Waals surface area (Å²) < 4.78 is 6.01. The Morgan fingerprint density at radius 1 is 1.15 bits per heavy atom. The molecule has 2 rings (SSSR count). The Labute approximate surface area is 124 Å². The summed E-state index contributed by atoms with van der Waals surface area (Å²) in [5.74, 6) is 1.65. The van der Waals surface area contributed by atoms with Crippen molar-refractivity contribution in [2.45, 2.75) is 11.4 Å². The van der Waals surface area contributed by atoms with Crippen LogP contribution in [0.1, 0.15) is 5.56 Å². The molecule has 106 valence electrons. The van der Waals surface area contributed by atoms with Gasteiger partial charge in [-0.3, -0.25) is 0 Å². The van der Waals surface area contributed by atoms with E-state index in [1.165, 1.54) is 0 Å². The average molecular weight is 288 g/mol. The first kappa shape index (κ1) is 14.8. The minimum Gasteiger partial charge on any atom is -0.457 e. The molecule has 0 fully saturated rings. The van der Waals surface area contributed by atoms with Crippen LogP contribution in [0.15, 0.2) is 47.4 Å². The van der Waals surface area contributed by atoms with Crippen LogP contribution in [0.25, 0.3) is 0 Å². The fraction of sp³-hybridized carbons (Fsp3) is 0.250. The molecule has 0 aromatic heterocycles. The van der Waals surface area contributed by atoms with Crippen molar-refractivity contribution in [1.29, 1.82) is 0 Å². The summed E-state index contributed by atoms with van der Waals surface area (Å²) in [5.41, 5.74) is 8.02. The standard InChI is InChI=1S/C16H20N2OS/c1-18(2)12-6-4-7-13(10-12)19-15-8-5-9-16(20-3)14(15)11-17/h4-10H,11,17H2,1-3H3. The second-order valence-electron chi connectivity index (χ2n) is 4.63. The summed E-state index contributed by atoms with van der Waals surface area (Å²) in [5, 5.41) is 0. The SMILES string of the molecule is CSc1cccc(Oc2cccc(N(C)C)c2)c1CN.